The summed E-state index contributed by atoms with van der Waals surface area (Å²) in [6, 6.07) is 10.0. The Hall–Kier alpha value is -1.98. The first kappa shape index (κ1) is 19.3. The second-order valence-electron chi connectivity index (χ2n) is 7.45. The number of benzene rings is 1. The van der Waals surface area contributed by atoms with Crippen LogP contribution in [-0.4, -0.2) is 15.6 Å². The molecule has 28 heavy (non-hydrogen) atoms. The highest BCUT2D eigenvalue weighted by atomic mass is 35.5. The van der Waals surface area contributed by atoms with E-state index in [-0.39, 0.29) is 5.91 Å². The van der Waals surface area contributed by atoms with Gasteiger partial charge in [-0.2, -0.15) is 0 Å². The minimum absolute atomic E-state index is 0.0971. The van der Waals surface area contributed by atoms with Gasteiger partial charge in [0.2, 0.25) is 0 Å². The lowest BCUT2D eigenvalue weighted by Gasteiger charge is -2.26. The molecule has 0 radical (unpaired) electrons. The van der Waals surface area contributed by atoms with E-state index in [2.05, 4.69) is 34.8 Å². The highest BCUT2D eigenvalue weighted by Gasteiger charge is 2.25. The summed E-state index contributed by atoms with van der Waals surface area (Å²) in [6.07, 6.45) is 8.45. The van der Waals surface area contributed by atoms with Crippen molar-refractivity contribution in [2.24, 2.45) is 4.99 Å². The fourth-order valence-electron chi connectivity index (χ4n) is 4.10. The van der Waals surface area contributed by atoms with Crippen molar-refractivity contribution in [3.05, 3.63) is 57.2 Å². The predicted molar refractivity (Wildman–Crippen MR) is 118 cm³/mol. The Balaban J connectivity index is 1.57. The Bertz CT molecular complexity index is 953. The van der Waals surface area contributed by atoms with Gasteiger partial charge in [0, 0.05) is 22.5 Å². The van der Waals surface area contributed by atoms with Gasteiger partial charge in [-0.05, 0) is 80.4 Å². The molecule has 0 unspecified atom stereocenters. The van der Waals surface area contributed by atoms with Crippen LogP contribution in [0, 0.1) is 13.8 Å². The molecule has 1 aromatic carbocycles. The minimum atomic E-state index is -0.0971. The number of halogens is 1. The summed E-state index contributed by atoms with van der Waals surface area (Å²) in [5.74, 6) is -0.0971. The molecule has 2 aromatic rings. The second kappa shape index (κ2) is 8.18. The van der Waals surface area contributed by atoms with Gasteiger partial charge in [0.25, 0.3) is 5.91 Å². The average molecular weight is 414 g/mol. The van der Waals surface area contributed by atoms with Crippen molar-refractivity contribution < 1.29 is 4.79 Å². The van der Waals surface area contributed by atoms with E-state index < -0.39 is 0 Å². The minimum Gasteiger partial charge on any atom is -0.346 e. The van der Waals surface area contributed by atoms with Crippen LogP contribution in [0.3, 0.4) is 0 Å². The van der Waals surface area contributed by atoms with Crippen molar-refractivity contribution in [1.82, 2.24) is 9.88 Å². The van der Waals surface area contributed by atoms with Crippen molar-refractivity contribution in [2.75, 3.05) is 0 Å². The fraction of sp³-hybridized carbons (Fsp3) is 0.364. The molecule has 146 valence electrons. The van der Waals surface area contributed by atoms with Crippen molar-refractivity contribution >= 4 is 46.2 Å². The van der Waals surface area contributed by atoms with Gasteiger partial charge < -0.3 is 9.88 Å². The average Bonchev–Trinajstić information content (AvgIpc) is 3.16. The fourth-order valence-corrected chi connectivity index (χ4v) is 5.06. The van der Waals surface area contributed by atoms with Gasteiger partial charge in [0.15, 0.2) is 5.17 Å². The molecular formula is C22H24ClN3OS. The SMILES string of the molecule is Cc1cc(/C=C2\SC(=Nc3ccc(Cl)cc3)NC2=O)c(C)n1C1CCCCC1. The zero-order valence-corrected chi connectivity index (χ0v) is 17.7. The predicted octanol–water partition coefficient (Wildman–Crippen LogP) is 6.16. The van der Waals surface area contributed by atoms with E-state index in [1.165, 1.54) is 55.3 Å². The number of rotatable bonds is 3. The maximum atomic E-state index is 12.4. The molecule has 2 fully saturated rings. The number of amidine groups is 1. The summed E-state index contributed by atoms with van der Waals surface area (Å²) in [5, 5.41) is 4.12. The number of hydrogen-bond donors (Lipinski definition) is 1. The molecule has 1 saturated carbocycles. The lowest BCUT2D eigenvalue weighted by molar-refractivity contribution is -0.115. The molecule has 2 heterocycles. The van der Waals surface area contributed by atoms with Crippen LogP contribution in [0.4, 0.5) is 5.69 Å². The summed E-state index contributed by atoms with van der Waals surface area (Å²) in [4.78, 5) is 17.6. The van der Waals surface area contributed by atoms with Crippen LogP contribution in [0.1, 0.15) is 55.1 Å². The summed E-state index contributed by atoms with van der Waals surface area (Å²) < 4.78 is 2.46. The molecule has 1 aliphatic carbocycles. The molecule has 1 saturated heterocycles. The third-order valence-electron chi connectivity index (χ3n) is 5.46. The van der Waals surface area contributed by atoms with Crippen molar-refractivity contribution in [2.45, 2.75) is 52.0 Å². The molecule has 1 amide bonds. The molecule has 4 rings (SSSR count). The number of aliphatic imine (C=N–C) groups is 1. The molecule has 0 bridgehead atoms. The largest absolute Gasteiger partial charge is 0.346 e. The van der Waals surface area contributed by atoms with Crippen molar-refractivity contribution in [3.8, 4) is 0 Å². The number of aromatic nitrogens is 1. The summed E-state index contributed by atoms with van der Waals surface area (Å²) in [5.41, 5.74) is 4.40. The van der Waals surface area contributed by atoms with E-state index in [1.807, 2.05) is 18.2 Å². The van der Waals surface area contributed by atoms with Crippen LogP contribution in [0.15, 0.2) is 40.2 Å². The van der Waals surface area contributed by atoms with E-state index >= 15 is 0 Å². The molecule has 1 N–H and O–H groups in total. The quantitative estimate of drug-likeness (QED) is 0.613. The van der Waals surface area contributed by atoms with Crippen LogP contribution in [0.2, 0.25) is 5.02 Å². The Morgan fingerprint density at radius 2 is 1.89 bits per heavy atom. The number of amides is 1. The standard InChI is InChI=1S/C22H24ClN3OS/c1-14-12-16(15(2)26(14)19-6-4-3-5-7-19)13-20-21(27)25-22(28-20)24-18-10-8-17(23)9-11-18/h8-13,19H,3-7H2,1-2H3,(H,24,25,27)/b20-13-. The van der Waals surface area contributed by atoms with E-state index in [9.17, 15) is 4.79 Å². The van der Waals surface area contributed by atoms with Crippen LogP contribution in [-0.2, 0) is 4.79 Å². The van der Waals surface area contributed by atoms with Crippen LogP contribution < -0.4 is 5.32 Å². The third kappa shape index (κ3) is 4.06. The number of carbonyl (C=O) groups excluding carboxylic acids is 1. The Morgan fingerprint density at radius 3 is 2.61 bits per heavy atom. The Kier molecular flexibility index (Phi) is 5.65. The molecule has 1 aliphatic heterocycles. The van der Waals surface area contributed by atoms with Crippen LogP contribution in [0.5, 0.6) is 0 Å². The first-order chi connectivity index (χ1) is 13.5. The molecule has 0 spiro atoms. The molecule has 0 atom stereocenters. The smallest absolute Gasteiger partial charge is 0.264 e. The number of hydrogen-bond acceptors (Lipinski definition) is 3. The normalized spacial score (nSPS) is 20.9. The number of aryl methyl sites for hydroxylation is 1. The molecular weight excluding hydrogens is 390 g/mol. The van der Waals surface area contributed by atoms with Crippen LogP contribution in [0.25, 0.3) is 6.08 Å². The van der Waals surface area contributed by atoms with Crippen LogP contribution >= 0.6 is 23.4 Å². The molecule has 2 aliphatic rings. The summed E-state index contributed by atoms with van der Waals surface area (Å²) in [7, 11) is 0. The Morgan fingerprint density at radius 1 is 1.18 bits per heavy atom. The van der Waals surface area contributed by atoms with Crippen molar-refractivity contribution in [1.29, 1.82) is 0 Å². The lowest BCUT2D eigenvalue weighted by atomic mass is 9.95. The lowest BCUT2D eigenvalue weighted by Crippen LogP contribution is -2.19. The first-order valence-corrected chi connectivity index (χ1v) is 10.9. The number of carbonyl (C=O) groups is 1. The first-order valence-electron chi connectivity index (χ1n) is 9.75. The number of thioether (sulfide) groups is 1. The van der Waals surface area contributed by atoms with Crippen molar-refractivity contribution in [3.63, 3.8) is 0 Å². The zero-order chi connectivity index (χ0) is 19.7. The molecule has 1 aromatic heterocycles. The van der Waals surface area contributed by atoms with Gasteiger partial charge >= 0.3 is 0 Å². The number of nitrogens with zero attached hydrogens (tertiary/aromatic N) is 2. The topological polar surface area (TPSA) is 46.4 Å². The van der Waals surface area contributed by atoms with E-state index in [0.717, 1.165) is 11.3 Å². The maximum Gasteiger partial charge on any atom is 0.264 e. The van der Waals surface area contributed by atoms with Gasteiger partial charge in [0.05, 0.1) is 10.6 Å². The maximum absolute atomic E-state index is 12.4. The van der Waals surface area contributed by atoms with Gasteiger partial charge in [0.1, 0.15) is 0 Å². The van der Waals surface area contributed by atoms with E-state index in [1.54, 1.807) is 12.1 Å². The summed E-state index contributed by atoms with van der Waals surface area (Å²) >= 11 is 7.30. The van der Waals surface area contributed by atoms with Gasteiger partial charge in [-0.1, -0.05) is 30.9 Å². The highest BCUT2D eigenvalue weighted by Crippen LogP contribution is 2.34. The number of nitrogens with one attached hydrogen (secondary N) is 1. The van der Waals surface area contributed by atoms with E-state index in [4.69, 9.17) is 11.6 Å². The second-order valence-corrected chi connectivity index (χ2v) is 8.91. The van der Waals surface area contributed by atoms with Gasteiger partial charge in [-0.3, -0.25) is 4.79 Å². The molecule has 6 heteroatoms. The summed E-state index contributed by atoms with van der Waals surface area (Å²) in [6.45, 7) is 4.33. The Labute approximate surface area is 175 Å². The molecule has 4 nitrogen and oxygen atoms in total. The van der Waals surface area contributed by atoms with Gasteiger partial charge in [-0.15, -0.1) is 0 Å². The third-order valence-corrected chi connectivity index (χ3v) is 6.62. The highest BCUT2D eigenvalue weighted by molar-refractivity contribution is 8.18. The van der Waals surface area contributed by atoms with Gasteiger partial charge in [-0.25, -0.2) is 4.99 Å². The van der Waals surface area contributed by atoms with E-state index in [0.29, 0.717) is 21.1 Å². The monoisotopic (exact) mass is 413 g/mol. The zero-order valence-electron chi connectivity index (χ0n) is 16.2.